The lowest BCUT2D eigenvalue weighted by Gasteiger charge is -2.37. The van der Waals surface area contributed by atoms with Crippen molar-refractivity contribution in [3.05, 3.63) is 53.2 Å². The number of hydrogen-bond acceptors (Lipinski definition) is 4. The van der Waals surface area contributed by atoms with E-state index in [0.29, 0.717) is 0 Å². The Balaban J connectivity index is 1.70. The number of benzene rings is 1. The molecule has 1 aromatic carbocycles. The van der Waals surface area contributed by atoms with Crippen LogP contribution in [0.3, 0.4) is 0 Å². The summed E-state index contributed by atoms with van der Waals surface area (Å²) in [6, 6.07) is 11.7. The van der Waals surface area contributed by atoms with Gasteiger partial charge >= 0.3 is 0 Å². The van der Waals surface area contributed by atoms with Crippen LogP contribution in [0.4, 0.5) is 11.5 Å². The number of aromatic nitrogens is 1. The molecular formula is C16H18ClN3O. The van der Waals surface area contributed by atoms with Crippen LogP contribution >= 0.6 is 11.6 Å². The van der Waals surface area contributed by atoms with Crippen molar-refractivity contribution >= 4 is 23.1 Å². The number of halogens is 1. The summed E-state index contributed by atoms with van der Waals surface area (Å²) in [7, 11) is 0. The zero-order valence-corrected chi connectivity index (χ0v) is 12.5. The summed E-state index contributed by atoms with van der Waals surface area (Å²) in [6.07, 6.45) is 1.78. The highest BCUT2D eigenvalue weighted by Crippen LogP contribution is 2.23. The summed E-state index contributed by atoms with van der Waals surface area (Å²) in [5.41, 5.74) is 2.04. The molecule has 2 heterocycles. The van der Waals surface area contributed by atoms with Gasteiger partial charge in [0, 0.05) is 48.6 Å². The van der Waals surface area contributed by atoms with Gasteiger partial charge in [-0.25, -0.2) is 4.98 Å². The molecule has 21 heavy (non-hydrogen) atoms. The van der Waals surface area contributed by atoms with Gasteiger partial charge in [-0.05, 0) is 24.3 Å². The number of pyridine rings is 1. The molecule has 3 rings (SSSR count). The normalized spacial score (nSPS) is 15.3. The van der Waals surface area contributed by atoms with Crippen molar-refractivity contribution in [2.45, 2.75) is 6.61 Å². The van der Waals surface area contributed by atoms with Crippen LogP contribution in [0.15, 0.2) is 42.6 Å². The Hall–Kier alpha value is -1.78. The molecular weight excluding hydrogens is 286 g/mol. The molecule has 110 valence electrons. The van der Waals surface area contributed by atoms with Crippen LogP contribution in [0.1, 0.15) is 5.56 Å². The van der Waals surface area contributed by atoms with Gasteiger partial charge in [-0.15, -0.1) is 0 Å². The first kappa shape index (κ1) is 14.2. The lowest BCUT2D eigenvalue weighted by molar-refractivity contribution is 0.281. The van der Waals surface area contributed by atoms with Crippen molar-refractivity contribution in [3.63, 3.8) is 0 Å². The minimum atomic E-state index is 0.0255. The lowest BCUT2D eigenvalue weighted by Crippen LogP contribution is -2.47. The lowest BCUT2D eigenvalue weighted by atomic mass is 10.2. The summed E-state index contributed by atoms with van der Waals surface area (Å²) < 4.78 is 0. The third-order valence-electron chi connectivity index (χ3n) is 3.79. The predicted molar refractivity (Wildman–Crippen MR) is 86.0 cm³/mol. The van der Waals surface area contributed by atoms with Crippen molar-refractivity contribution in [2.24, 2.45) is 0 Å². The van der Waals surface area contributed by atoms with Gasteiger partial charge in [-0.2, -0.15) is 0 Å². The average Bonchev–Trinajstić information content (AvgIpc) is 2.55. The molecule has 0 aliphatic carbocycles. The molecule has 1 fully saturated rings. The van der Waals surface area contributed by atoms with E-state index in [2.05, 4.69) is 20.9 Å². The largest absolute Gasteiger partial charge is 0.392 e. The number of aliphatic hydroxyl groups excluding tert-OH is 1. The van der Waals surface area contributed by atoms with Crippen LogP contribution in [0.5, 0.6) is 0 Å². The van der Waals surface area contributed by atoms with Gasteiger partial charge in [0.05, 0.1) is 6.61 Å². The number of anilines is 2. The number of rotatable bonds is 3. The maximum absolute atomic E-state index is 9.42. The van der Waals surface area contributed by atoms with E-state index in [1.165, 1.54) is 0 Å². The van der Waals surface area contributed by atoms with Crippen molar-refractivity contribution in [3.8, 4) is 0 Å². The quantitative estimate of drug-likeness (QED) is 0.946. The zero-order valence-electron chi connectivity index (χ0n) is 11.7. The SMILES string of the molecule is OCc1cccnc1N1CCN(c2cccc(Cl)c2)CC1. The van der Waals surface area contributed by atoms with E-state index in [0.717, 1.165) is 48.3 Å². The Morgan fingerprint density at radius 1 is 1.05 bits per heavy atom. The van der Waals surface area contributed by atoms with E-state index in [9.17, 15) is 5.11 Å². The Morgan fingerprint density at radius 2 is 1.81 bits per heavy atom. The molecule has 5 heteroatoms. The number of piperazine rings is 1. The molecule has 1 aliphatic heterocycles. The van der Waals surface area contributed by atoms with Gasteiger partial charge in [-0.3, -0.25) is 0 Å². The average molecular weight is 304 g/mol. The molecule has 1 N–H and O–H groups in total. The van der Waals surface area contributed by atoms with Crippen molar-refractivity contribution in [2.75, 3.05) is 36.0 Å². The van der Waals surface area contributed by atoms with Gasteiger partial charge in [0.25, 0.3) is 0 Å². The monoisotopic (exact) mass is 303 g/mol. The number of nitrogens with zero attached hydrogens (tertiary/aromatic N) is 3. The zero-order chi connectivity index (χ0) is 14.7. The van der Waals surface area contributed by atoms with Gasteiger partial charge in [-0.1, -0.05) is 23.7 Å². The Kier molecular flexibility index (Phi) is 4.27. The number of hydrogen-bond donors (Lipinski definition) is 1. The van der Waals surface area contributed by atoms with Gasteiger partial charge in [0.2, 0.25) is 0 Å². The second-order valence-corrected chi connectivity index (χ2v) is 5.53. The van der Waals surface area contributed by atoms with Gasteiger partial charge in [0.15, 0.2) is 0 Å². The second kappa shape index (κ2) is 6.33. The first-order valence-corrected chi connectivity index (χ1v) is 7.46. The van der Waals surface area contributed by atoms with Crippen molar-refractivity contribution in [1.82, 2.24) is 4.98 Å². The minimum absolute atomic E-state index is 0.0255. The molecule has 0 unspecified atom stereocenters. The third-order valence-corrected chi connectivity index (χ3v) is 4.03. The van der Waals surface area contributed by atoms with E-state index in [1.807, 2.05) is 30.3 Å². The molecule has 0 saturated carbocycles. The van der Waals surface area contributed by atoms with E-state index in [4.69, 9.17) is 11.6 Å². The summed E-state index contributed by atoms with van der Waals surface area (Å²) >= 11 is 6.05. The van der Waals surface area contributed by atoms with Crippen LogP contribution in [0.2, 0.25) is 5.02 Å². The highest BCUT2D eigenvalue weighted by molar-refractivity contribution is 6.30. The summed E-state index contributed by atoms with van der Waals surface area (Å²) in [5.74, 6) is 0.894. The Morgan fingerprint density at radius 3 is 2.52 bits per heavy atom. The maximum Gasteiger partial charge on any atom is 0.134 e. The molecule has 1 aliphatic rings. The molecule has 1 saturated heterocycles. The molecule has 1 aromatic heterocycles. The molecule has 0 bridgehead atoms. The standard InChI is InChI=1S/C16H18ClN3O/c17-14-4-1-5-15(11-14)19-7-9-20(10-8-19)16-13(12-21)3-2-6-18-16/h1-6,11,21H,7-10,12H2. The predicted octanol–water partition coefficient (Wildman–Crippen LogP) is 2.55. The van der Waals surface area contributed by atoms with Crippen LogP contribution in [-0.2, 0) is 6.61 Å². The molecule has 0 radical (unpaired) electrons. The highest BCUT2D eigenvalue weighted by atomic mass is 35.5. The van der Waals surface area contributed by atoms with E-state index < -0.39 is 0 Å². The minimum Gasteiger partial charge on any atom is -0.392 e. The maximum atomic E-state index is 9.42. The van der Waals surface area contributed by atoms with Gasteiger partial charge in [0.1, 0.15) is 5.82 Å². The number of aliphatic hydroxyl groups is 1. The Labute approximate surface area is 129 Å². The van der Waals surface area contributed by atoms with Crippen molar-refractivity contribution < 1.29 is 5.11 Å². The van der Waals surface area contributed by atoms with E-state index >= 15 is 0 Å². The fourth-order valence-electron chi connectivity index (χ4n) is 2.69. The fraction of sp³-hybridized carbons (Fsp3) is 0.312. The third kappa shape index (κ3) is 3.12. The van der Waals surface area contributed by atoms with Crippen LogP contribution in [-0.4, -0.2) is 36.3 Å². The molecule has 4 nitrogen and oxygen atoms in total. The second-order valence-electron chi connectivity index (χ2n) is 5.10. The molecule has 0 atom stereocenters. The highest BCUT2D eigenvalue weighted by Gasteiger charge is 2.20. The summed E-state index contributed by atoms with van der Waals surface area (Å²) in [6.45, 7) is 3.63. The molecule has 0 amide bonds. The molecule has 0 spiro atoms. The first-order chi connectivity index (χ1) is 10.3. The first-order valence-electron chi connectivity index (χ1n) is 7.08. The van der Waals surface area contributed by atoms with Gasteiger partial charge < -0.3 is 14.9 Å². The fourth-order valence-corrected chi connectivity index (χ4v) is 2.87. The Bertz CT molecular complexity index is 612. The van der Waals surface area contributed by atoms with E-state index in [-0.39, 0.29) is 6.61 Å². The van der Waals surface area contributed by atoms with E-state index in [1.54, 1.807) is 6.20 Å². The van der Waals surface area contributed by atoms with Crippen molar-refractivity contribution in [1.29, 1.82) is 0 Å². The summed E-state index contributed by atoms with van der Waals surface area (Å²) in [4.78, 5) is 8.96. The van der Waals surface area contributed by atoms with Crippen LogP contribution < -0.4 is 9.80 Å². The van der Waals surface area contributed by atoms with Crippen LogP contribution in [0.25, 0.3) is 0 Å². The smallest absolute Gasteiger partial charge is 0.134 e. The topological polar surface area (TPSA) is 39.6 Å². The molecule has 2 aromatic rings. The summed E-state index contributed by atoms with van der Waals surface area (Å²) in [5, 5.41) is 10.2. The van der Waals surface area contributed by atoms with Crippen LogP contribution in [0, 0.1) is 0 Å².